The summed E-state index contributed by atoms with van der Waals surface area (Å²) in [6, 6.07) is 8.21. The van der Waals surface area contributed by atoms with Crippen LogP contribution < -0.4 is 5.32 Å². The fourth-order valence-corrected chi connectivity index (χ4v) is 1.54. The third-order valence-corrected chi connectivity index (χ3v) is 2.15. The van der Waals surface area contributed by atoms with Gasteiger partial charge in [-0.1, -0.05) is 19.1 Å². The maximum atomic E-state index is 3.37. The smallest absolute Gasteiger partial charge is 0.0497 e. The van der Waals surface area contributed by atoms with Crippen LogP contribution in [-0.2, 0) is 12.8 Å². The van der Waals surface area contributed by atoms with Crippen LogP contribution >= 0.6 is 0 Å². The van der Waals surface area contributed by atoms with E-state index in [4.69, 9.17) is 0 Å². The Labute approximate surface area is 67.4 Å². The van der Waals surface area contributed by atoms with Crippen LogP contribution in [-0.4, -0.2) is 6.54 Å². The molecule has 2 rings (SSSR count). The SMILES string of the molecule is CCc1cc#cc2c1NCC2. The summed E-state index contributed by atoms with van der Waals surface area (Å²) in [5, 5.41) is 3.37. The highest BCUT2D eigenvalue weighted by Gasteiger charge is 2.11. The Morgan fingerprint density at radius 1 is 1.64 bits per heavy atom. The summed E-state index contributed by atoms with van der Waals surface area (Å²) in [6.07, 6.45) is 2.19. The van der Waals surface area contributed by atoms with Gasteiger partial charge in [-0.15, -0.1) is 0 Å². The zero-order valence-corrected chi connectivity index (χ0v) is 6.70. The Kier molecular flexibility index (Phi) is 1.47. The highest BCUT2D eigenvalue weighted by Crippen LogP contribution is 2.24. The van der Waals surface area contributed by atoms with E-state index >= 15 is 0 Å². The van der Waals surface area contributed by atoms with Crippen LogP contribution in [0.4, 0.5) is 5.69 Å². The normalized spacial score (nSPS) is 13.5. The van der Waals surface area contributed by atoms with Crippen molar-refractivity contribution in [3.05, 3.63) is 29.3 Å². The van der Waals surface area contributed by atoms with Crippen molar-refractivity contribution in [2.75, 3.05) is 11.9 Å². The lowest BCUT2D eigenvalue weighted by atomic mass is 10.1. The molecule has 0 radical (unpaired) electrons. The fourth-order valence-electron chi connectivity index (χ4n) is 1.54. The maximum Gasteiger partial charge on any atom is 0.0497 e. The van der Waals surface area contributed by atoms with Gasteiger partial charge in [0.25, 0.3) is 0 Å². The molecule has 1 heteroatoms. The molecular weight excluding hydrogens is 134 g/mol. The Hall–Kier alpha value is -1.16. The predicted octanol–water partition coefficient (Wildman–Crippen LogP) is 1.82. The number of fused-ring (bicyclic) bond motifs is 1. The Bertz CT molecular complexity index is 266. The molecule has 1 nitrogen and oxygen atoms in total. The number of aryl methyl sites for hydroxylation is 1. The minimum atomic E-state index is 1.07. The lowest BCUT2D eigenvalue weighted by molar-refractivity contribution is 1.11. The molecule has 0 unspecified atom stereocenters. The maximum absolute atomic E-state index is 3.37. The topological polar surface area (TPSA) is 12.0 Å². The van der Waals surface area contributed by atoms with Gasteiger partial charge in [0.15, 0.2) is 0 Å². The predicted molar refractivity (Wildman–Crippen MR) is 45.7 cm³/mol. The molecule has 0 aromatic heterocycles. The van der Waals surface area contributed by atoms with Gasteiger partial charge in [0.1, 0.15) is 0 Å². The van der Waals surface area contributed by atoms with Crippen LogP contribution in [0.3, 0.4) is 0 Å². The molecule has 0 saturated carbocycles. The van der Waals surface area contributed by atoms with E-state index in [1.54, 1.807) is 0 Å². The van der Waals surface area contributed by atoms with E-state index in [1.807, 2.05) is 6.07 Å². The summed E-state index contributed by atoms with van der Waals surface area (Å²) in [4.78, 5) is 0. The number of hydrogen-bond acceptors (Lipinski definition) is 1. The third-order valence-electron chi connectivity index (χ3n) is 2.15. The summed E-state index contributed by atoms with van der Waals surface area (Å²) < 4.78 is 0. The highest BCUT2D eigenvalue weighted by molar-refractivity contribution is 5.59. The molecule has 0 bridgehead atoms. The van der Waals surface area contributed by atoms with Crippen LogP contribution in [0, 0.1) is 12.1 Å². The second kappa shape index (κ2) is 2.47. The van der Waals surface area contributed by atoms with Gasteiger partial charge in [-0.2, -0.15) is 0 Å². The van der Waals surface area contributed by atoms with Crippen molar-refractivity contribution >= 4 is 5.69 Å². The molecule has 0 aliphatic carbocycles. The molecule has 0 spiro atoms. The first-order chi connectivity index (χ1) is 5.42. The van der Waals surface area contributed by atoms with Gasteiger partial charge in [0.2, 0.25) is 0 Å². The molecule has 11 heavy (non-hydrogen) atoms. The molecule has 1 heterocycles. The summed E-state index contributed by atoms with van der Waals surface area (Å²) in [7, 11) is 0. The van der Waals surface area contributed by atoms with E-state index in [0.717, 1.165) is 19.4 Å². The zero-order chi connectivity index (χ0) is 7.68. The Morgan fingerprint density at radius 3 is 3.36 bits per heavy atom. The quantitative estimate of drug-likeness (QED) is 0.635. The number of rotatable bonds is 1. The molecule has 56 valence electrons. The van der Waals surface area contributed by atoms with Gasteiger partial charge >= 0.3 is 0 Å². The Morgan fingerprint density at radius 2 is 2.55 bits per heavy atom. The van der Waals surface area contributed by atoms with Crippen LogP contribution in [0.15, 0.2) is 6.07 Å². The van der Waals surface area contributed by atoms with Crippen molar-refractivity contribution in [3.63, 3.8) is 0 Å². The molecule has 1 aromatic carbocycles. The Balaban J connectivity index is 2.50. The van der Waals surface area contributed by atoms with E-state index in [9.17, 15) is 0 Å². The summed E-state index contributed by atoms with van der Waals surface area (Å²) >= 11 is 0. The molecule has 0 atom stereocenters. The third kappa shape index (κ3) is 0.952. The first-order valence-corrected chi connectivity index (χ1v) is 4.10. The van der Waals surface area contributed by atoms with E-state index in [0.29, 0.717) is 0 Å². The molecule has 0 amide bonds. The standard InChI is InChI=1S/C10H11N/c1-2-8-4-3-5-9-6-7-11-10(8)9/h4,11H,2,6-7H2,1H3. The van der Waals surface area contributed by atoms with Crippen molar-refractivity contribution in [3.8, 4) is 0 Å². The van der Waals surface area contributed by atoms with E-state index < -0.39 is 0 Å². The number of anilines is 1. The van der Waals surface area contributed by atoms with Gasteiger partial charge in [-0.25, -0.2) is 0 Å². The second-order valence-corrected chi connectivity index (χ2v) is 2.82. The summed E-state index contributed by atoms with van der Waals surface area (Å²) in [6.45, 7) is 3.24. The molecule has 1 aliphatic rings. The largest absolute Gasteiger partial charge is 0.384 e. The highest BCUT2D eigenvalue weighted by atomic mass is 14.9. The average molecular weight is 145 g/mol. The molecule has 1 N–H and O–H groups in total. The first kappa shape index (κ1) is 6.54. The minimum absolute atomic E-state index is 1.07. The van der Waals surface area contributed by atoms with Crippen molar-refractivity contribution in [1.82, 2.24) is 0 Å². The lowest BCUT2D eigenvalue weighted by Crippen LogP contribution is -1.94. The van der Waals surface area contributed by atoms with Gasteiger partial charge in [-0.05, 0) is 24.5 Å². The van der Waals surface area contributed by atoms with E-state index in [1.165, 1.54) is 16.8 Å². The van der Waals surface area contributed by atoms with Crippen LogP contribution in [0.1, 0.15) is 18.1 Å². The lowest BCUT2D eigenvalue weighted by Gasteiger charge is -2.02. The molecule has 0 saturated heterocycles. The molecule has 1 aliphatic heterocycles. The summed E-state index contributed by atoms with van der Waals surface area (Å²) in [5.41, 5.74) is 3.99. The first-order valence-electron chi connectivity index (χ1n) is 4.10. The number of hydrogen-bond donors (Lipinski definition) is 1. The second-order valence-electron chi connectivity index (χ2n) is 2.82. The van der Waals surface area contributed by atoms with Crippen molar-refractivity contribution < 1.29 is 0 Å². The van der Waals surface area contributed by atoms with Crippen LogP contribution in [0.5, 0.6) is 0 Å². The summed E-state index contributed by atoms with van der Waals surface area (Å²) in [5.74, 6) is 0. The fraction of sp³-hybridized carbons (Fsp3) is 0.400. The van der Waals surface area contributed by atoms with Crippen molar-refractivity contribution in [2.45, 2.75) is 19.8 Å². The van der Waals surface area contributed by atoms with E-state index in [2.05, 4.69) is 24.4 Å². The minimum Gasteiger partial charge on any atom is -0.384 e. The number of nitrogens with one attached hydrogen (secondary N) is 1. The van der Waals surface area contributed by atoms with Gasteiger partial charge in [0.05, 0.1) is 0 Å². The van der Waals surface area contributed by atoms with Crippen molar-refractivity contribution in [2.24, 2.45) is 0 Å². The zero-order valence-electron chi connectivity index (χ0n) is 6.70. The van der Waals surface area contributed by atoms with Crippen LogP contribution in [0.2, 0.25) is 0 Å². The van der Waals surface area contributed by atoms with Crippen LogP contribution in [0.25, 0.3) is 0 Å². The molecular formula is C10H11N. The van der Waals surface area contributed by atoms with Gasteiger partial charge < -0.3 is 5.32 Å². The van der Waals surface area contributed by atoms with Gasteiger partial charge in [-0.3, -0.25) is 0 Å². The van der Waals surface area contributed by atoms with Crippen molar-refractivity contribution in [1.29, 1.82) is 0 Å². The average Bonchev–Trinajstić information content (AvgIpc) is 2.50. The molecule has 0 fully saturated rings. The van der Waals surface area contributed by atoms with Gasteiger partial charge in [0, 0.05) is 17.8 Å². The molecule has 1 aromatic rings. The monoisotopic (exact) mass is 145 g/mol. The van der Waals surface area contributed by atoms with E-state index in [-0.39, 0.29) is 0 Å².